The summed E-state index contributed by atoms with van der Waals surface area (Å²) in [5, 5.41) is 14.7. The zero-order chi connectivity index (χ0) is 18.4. The molecule has 1 aromatic rings. The van der Waals surface area contributed by atoms with Gasteiger partial charge in [0, 0.05) is 18.6 Å². The fraction of sp³-hybridized carbons (Fsp3) is 0.579. The summed E-state index contributed by atoms with van der Waals surface area (Å²) in [6, 6.07) is 8.47. The van der Waals surface area contributed by atoms with Gasteiger partial charge in [-0.25, -0.2) is 4.79 Å². The Morgan fingerprint density at radius 3 is 2.40 bits per heavy atom. The van der Waals surface area contributed by atoms with Crippen LogP contribution in [0.15, 0.2) is 24.3 Å². The van der Waals surface area contributed by atoms with E-state index in [1.807, 2.05) is 24.0 Å². The van der Waals surface area contributed by atoms with Crippen LogP contribution in [0.5, 0.6) is 0 Å². The van der Waals surface area contributed by atoms with Crippen LogP contribution in [-0.2, 0) is 11.3 Å². The molecule has 1 aliphatic carbocycles. The normalized spacial score (nSPS) is 19.6. The number of aliphatic carboxylic acids is 1. The first kappa shape index (κ1) is 19.2. The molecular formula is C19H29N3O3. The minimum absolute atomic E-state index is 0.0620. The molecule has 1 aliphatic rings. The molecule has 0 atom stereocenters. The number of urea groups is 1. The number of likely N-dealkylation sites (N-methyl/N-ethyl adjacent to an activating group) is 1. The number of benzene rings is 1. The van der Waals surface area contributed by atoms with Crippen molar-refractivity contribution in [1.82, 2.24) is 15.5 Å². The van der Waals surface area contributed by atoms with Gasteiger partial charge in [-0.05, 0) is 36.4 Å². The molecule has 0 aromatic heterocycles. The van der Waals surface area contributed by atoms with Gasteiger partial charge < -0.3 is 15.7 Å². The number of hydrogen-bond acceptors (Lipinski definition) is 3. The monoisotopic (exact) mass is 347 g/mol. The summed E-state index contributed by atoms with van der Waals surface area (Å²) in [6.07, 6.45) is 1.61. The highest BCUT2D eigenvalue weighted by atomic mass is 16.4. The number of rotatable bonds is 8. The Hall–Kier alpha value is -2.08. The molecule has 3 N–H and O–H groups in total. The summed E-state index contributed by atoms with van der Waals surface area (Å²) in [6.45, 7) is 7.54. The van der Waals surface area contributed by atoms with Crippen molar-refractivity contribution in [3.05, 3.63) is 35.4 Å². The van der Waals surface area contributed by atoms with Crippen molar-refractivity contribution < 1.29 is 14.7 Å². The Morgan fingerprint density at radius 1 is 1.24 bits per heavy atom. The van der Waals surface area contributed by atoms with E-state index in [-0.39, 0.29) is 24.7 Å². The predicted octanol–water partition coefficient (Wildman–Crippen LogP) is 2.55. The van der Waals surface area contributed by atoms with Gasteiger partial charge in [0.15, 0.2) is 0 Å². The van der Waals surface area contributed by atoms with Gasteiger partial charge in [-0.1, -0.05) is 45.0 Å². The van der Waals surface area contributed by atoms with Gasteiger partial charge >= 0.3 is 12.0 Å². The van der Waals surface area contributed by atoms with Crippen LogP contribution < -0.4 is 10.6 Å². The number of nitrogens with zero attached hydrogens (tertiary/aromatic N) is 1. The molecule has 6 nitrogen and oxygen atoms in total. The van der Waals surface area contributed by atoms with Crippen LogP contribution in [-0.4, -0.2) is 47.2 Å². The van der Waals surface area contributed by atoms with E-state index in [1.54, 1.807) is 0 Å². The molecule has 0 aliphatic heterocycles. The van der Waals surface area contributed by atoms with E-state index in [0.717, 1.165) is 18.4 Å². The van der Waals surface area contributed by atoms with E-state index in [0.29, 0.717) is 19.0 Å². The lowest BCUT2D eigenvalue weighted by Crippen LogP contribution is -2.56. The van der Waals surface area contributed by atoms with Crippen molar-refractivity contribution in [2.75, 3.05) is 13.1 Å². The summed E-state index contributed by atoms with van der Waals surface area (Å²) < 4.78 is 0. The molecule has 0 saturated heterocycles. The van der Waals surface area contributed by atoms with Crippen LogP contribution in [0.4, 0.5) is 4.79 Å². The van der Waals surface area contributed by atoms with Gasteiger partial charge in [0.25, 0.3) is 0 Å². The summed E-state index contributed by atoms with van der Waals surface area (Å²) in [5.74, 6) is -0.305. The van der Waals surface area contributed by atoms with Crippen molar-refractivity contribution in [3.8, 4) is 0 Å². The minimum atomic E-state index is -0.806. The van der Waals surface area contributed by atoms with Crippen molar-refractivity contribution in [2.24, 2.45) is 0 Å². The van der Waals surface area contributed by atoms with Gasteiger partial charge in [0.1, 0.15) is 0 Å². The molecule has 6 heteroatoms. The highest BCUT2D eigenvalue weighted by Gasteiger charge is 2.34. The molecule has 0 heterocycles. The third-order valence-corrected chi connectivity index (χ3v) is 4.81. The first-order chi connectivity index (χ1) is 11.9. The highest BCUT2D eigenvalue weighted by Crippen LogP contribution is 2.25. The number of nitrogens with one attached hydrogen (secondary N) is 2. The Labute approximate surface area is 149 Å². The third kappa shape index (κ3) is 5.74. The maximum absolute atomic E-state index is 12.0. The number of amides is 2. The van der Waals surface area contributed by atoms with Gasteiger partial charge in [0.2, 0.25) is 0 Å². The Morgan fingerprint density at radius 2 is 1.88 bits per heavy atom. The molecule has 1 fully saturated rings. The van der Waals surface area contributed by atoms with Crippen LogP contribution in [0.25, 0.3) is 0 Å². The van der Waals surface area contributed by atoms with Crippen molar-refractivity contribution in [3.63, 3.8) is 0 Å². The topological polar surface area (TPSA) is 81.7 Å². The molecule has 2 rings (SSSR count). The van der Waals surface area contributed by atoms with Crippen LogP contribution in [0, 0.1) is 0 Å². The third-order valence-electron chi connectivity index (χ3n) is 4.81. The Balaban J connectivity index is 1.69. The molecule has 1 aromatic carbocycles. The summed E-state index contributed by atoms with van der Waals surface area (Å²) in [7, 11) is 0. The van der Waals surface area contributed by atoms with E-state index < -0.39 is 5.97 Å². The van der Waals surface area contributed by atoms with E-state index >= 15 is 0 Å². The minimum Gasteiger partial charge on any atom is -0.480 e. The second kappa shape index (κ2) is 8.85. The van der Waals surface area contributed by atoms with E-state index in [4.69, 9.17) is 5.11 Å². The molecule has 2 amide bonds. The summed E-state index contributed by atoms with van der Waals surface area (Å²) in [4.78, 5) is 24.8. The summed E-state index contributed by atoms with van der Waals surface area (Å²) >= 11 is 0. The van der Waals surface area contributed by atoms with Crippen LogP contribution in [0.3, 0.4) is 0 Å². The maximum atomic E-state index is 12.0. The van der Waals surface area contributed by atoms with E-state index in [2.05, 4.69) is 36.6 Å². The predicted molar refractivity (Wildman–Crippen MR) is 97.6 cm³/mol. The molecular weight excluding hydrogens is 318 g/mol. The Bertz CT molecular complexity index is 580. The average Bonchev–Trinajstić information content (AvgIpc) is 2.54. The fourth-order valence-electron chi connectivity index (χ4n) is 3.12. The fourth-order valence-corrected chi connectivity index (χ4v) is 3.12. The van der Waals surface area contributed by atoms with Gasteiger partial charge in [-0.2, -0.15) is 0 Å². The SMILES string of the molecule is CCN(CC(=O)O)C1CC(NC(=O)NCc2ccc(C(C)C)cc2)C1. The molecule has 138 valence electrons. The van der Waals surface area contributed by atoms with Crippen molar-refractivity contribution >= 4 is 12.0 Å². The highest BCUT2D eigenvalue weighted by molar-refractivity contribution is 5.74. The lowest BCUT2D eigenvalue weighted by molar-refractivity contribution is -0.139. The second-order valence-electron chi connectivity index (χ2n) is 7.00. The molecule has 0 spiro atoms. The average molecular weight is 347 g/mol. The number of hydrogen-bond donors (Lipinski definition) is 3. The van der Waals surface area contributed by atoms with Gasteiger partial charge in [-0.15, -0.1) is 0 Å². The smallest absolute Gasteiger partial charge is 0.317 e. The Kier molecular flexibility index (Phi) is 6.82. The number of carboxylic acid groups (broad SMARTS) is 1. The molecule has 1 saturated carbocycles. The molecule has 25 heavy (non-hydrogen) atoms. The van der Waals surface area contributed by atoms with Crippen LogP contribution in [0.2, 0.25) is 0 Å². The quantitative estimate of drug-likeness (QED) is 0.675. The van der Waals surface area contributed by atoms with E-state index in [1.165, 1.54) is 5.56 Å². The number of carbonyl (C=O) groups excluding carboxylic acids is 1. The van der Waals surface area contributed by atoms with Crippen LogP contribution in [0.1, 0.15) is 50.7 Å². The molecule has 0 radical (unpaired) electrons. The largest absolute Gasteiger partial charge is 0.480 e. The number of carboxylic acids is 1. The van der Waals surface area contributed by atoms with Gasteiger partial charge in [-0.3, -0.25) is 9.69 Å². The zero-order valence-electron chi connectivity index (χ0n) is 15.3. The van der Waals surface area contributed by atoms with Gasteiger partial charge in [0.05, 0.1) is 6.54 Å². The molecule has 0 unspecified atom stereocenters. The zero-order valence-corrected chi connectivity index (χ0v) is 15.3. The molecule has 0 bridgehead atoms. The maximum Gasteiger partial charge on any atom is 0.317 e. The van der Waals surface area contributed by atoms with Crippen molar-refractivity contribution in [1.29, 1.82) is 0 Å². The summed E-state index contributed by atoms with van der Waals surface area (Å²) in [5.41, 5.74) is 2.36. The number of carbonyl (C=O) groups is 2. The lowest BCUT2D eigenvalue weighted by Gasteiger charge is -2.42. The second-order valence-corrected chi connectivity index (χ2v) is 7.00. The lowest BCUT2D eigenvalue weighted by atomic mass is 9.85. The van der Waals surface area contributed by atoms with Crippen LogP contribution >= 0.6 is 0 Å². The first-order valence-corrected chi connectivity index (χ1v) is 8.98. The van der Waals surface area contributed by atoms with E-state index in [9.17, 15) is 9.59 Å². The van der Waals surface area contributed by atoms with Crippen molar-refractivity contribution in [2.45, 2.75) is 58.2 Å². The first-order valence-electron chi connectivity index (χ1n) is 8.98. The standard InChI is InChI=1S/C19H29N3O3/c1-4-22(12-18(23)24)17-9-16(10-17)21-19(25)20-11-14-5-7-15(8-6-14)13(2)3/h5-8,13,16-17H,4,9-12H2,1-3H3,(H,23,24)(H2,20,21,25).